The van der Waals surface area contributed by atoms with Gasteiger partial charge in [0.1, 0.15) is 0 Å². The molecule has 2 unspecified atom stereocenters. The molecule has 0 fully saturated rings. The Kier molecular flexibility index (Phi) is 6.92. The molecule has 0 aromatic heterocycles. The summed E-state index contributed by atoms with van der Waals surface area (Å²) in [6.07, 6.45) is 3.68. The van der Waals surface area contributed by atoms with Crippen LogP contribution in [0.1, 0.15) is 33.1 Å². The number of hydrogen-bond donors (Lipinski definition) is 1. The summed E-state index contributed by atoms with van der Waals surface area (Å²) in [5.74, 6) is 0. The number of nitrogens with one attached hydrogen (secondary N) is 1. The number of hydrogen-bond acceptors (Lipinski definition) is 2. The monoisotopic (exact) mass is 185 g/mol. The van der Waals surface area contributed by atoms with Crippen LogP contribution in [-0.2, 0) is 4.74 Å². The van der Waals surface area contributed by atoms with Crippen LogP contribution in [0.15, 0.2) is 12.2 Å². The van der Waals surface area contributed by atoms with Crippen molar-refractivity contribution in [3.63, 3.8) is 0 Å². The van der Waals surface area contributed by atoms with Crippen molar-refractivity contribution >= 4 is 0 Å². The second kappa shape index (κ2) is 7.10. The van der Waals surface area contributed by atoms with Gasteiger partial charge in [-0.05, 0) is 40.2 Å². The van der Waals surface area contributed by atoms with Gasteiger partial charge < -0.3 is 10.1 Å². The summed E-state index contributed by atoms with van der Waals surface area (Å²) < 4.78 is 5.20. The summed E-state index contributed by atoms with van der Waals surface area (Å²) >= 11 is 0. The minimum Gasteiger partial charge on any atom is -0.382 e. The fourth-order valence-corrected chi connectivity index (χ4v) is 1.32. The third-order valence-electron chi connectivity index (χ3n) is 2.33. The van der Waals surface area contributed by atoms with Crippen molar-refractivity contribution in [2.45, 2.75) is 45.3 Å². The fourth-order valence-electron chi connectivity index (χ4n) is 1.32. The molecule has 2 nitrogen and oxygen atoms in total. The lowest BCUT2D eigenvalue weighted by atomic mass is 10.0. The van der Waals surface area contributed by atoms with Gasteiger partial charge in [0.25, 0.3) is 0 Å². The quantitative estimate of drug-likeness (QED) is 0.615. The maximum atomic E-state index is 5.20. The van der Waals surface area contributed by atoms with Crippen LogP contribution in [0.3, 0.4) is 0 Å². The van der Waals surface area contributed by atoms with E-state index < -0.39 is 0 Å². The lowest BCUT2D eigenvalue weighted by Gasteiger charge is -2.18. The molecule has 0 amide bonds. The van der Waals surface area contributed by atoms with Crippen molar-refractivity contribution in [2.75, 3.05) is 14.2 Å². The predicted octanol–water partition coefficient (Wildman–Crippen LogP) is 2.36. The summed E-state index contributed by atoms with van der Waals surface area (Å²) in [7, 11) is 3.77. The average molecular weight is 185 g/mol. The zero-order chi connectivity index (χ0) is 10.3. The summed E-state index contributed by atoms with van der Waals surface area (Å²) in [4.78, 5) is 0. The highest BCUT2D eigenvalue weighted by molar-refractivity contribution is 4.92. The summed E-state index contributed by atoms with van der Waals surface area (Å²) in [5.41, 5.74) is 1.24. The molecule has 1 N–H and O–H groups in total. The Morgan fingerprint density at radius 3 is 2.46 bits per heavy atom. The molecule has 0 heterocycles. The van der Waals surface area contributed by atoms with E-state index in [2.05, 4.69) is 25.7 Å². The largest absolute Gasteiger partial charge is 0.382 e. The van der Waals surface area contributed by atoms with Crippen molar-refractivity contribution in [2.24, 2.45) is 0 Å². The Balaban J connectivity index is 3.65. The Bertz CT molecular complexity index is 145. The first kappa shape index (κ1) is 12.7. The number of methoxy groups -OCH3 is 1. The van der Waals surface area contributed by atoms with Gasteiger partial charge in [-0.2, -0.15) is 0 Å². The highest BCUT2D eigenvalue weighted by atomic mass is 16.5. The molecule has 0 saturated carbocycles. The standard InChI is InChI=1S/C11H23NO/c1-9(2)8-11(12-4)7-6-10(3)13-5/h10-12H,1,6-8H2,2-5H3. The Labute approximate surface area is 82.4 Å². The Morgan fingerprint density at radius 2 is 2.08 bits per heavy atom. The van der Waals surface area contributed by atoms with E-state index in [1.807, 2.05) is 7.05 Å². The normalized spacial score (nSPS) is 15.4. The van der Waals surface area contributed by atoms with Gasteiger partial charge in [-0.25, -0.2) is 0 Å². The van der Waals surface area contributed by atoms with Crippen LogP contribution in [0, 0.1) is 0 Å². The maximum absolute atomic E-state index is 5.20. The van der Waals surface area contributed by atoms with Crippen molar-refractivity contribution < 1.29 is 4.74 Å². The topological polar surface area (TPSA) is 21.3 Å². The smallest absolute Gasteiger partial charge is 0.0543 e. The van der Waals surface area contributed by atoms with Crippen LogP contribution in [0.2, 0.25) is 0 Å². The zero-order valence-electron chi connectivity index (χ0n) is 9.39. The molecule has 0 bridgehead atoms. The second-order valence-corrected chi connectivity index (χ2v) is 3.77. The third kappa shape index (κ3) is 6.79. The number of rotatable bonds is 7. The van der Waals surface area contributed by atoms with Gasteiger partial charge in [-0.15, -0.1) is 6.58 Å². The zero-order valence-corrected chi connectivity index (χ0v) is 9.39. The van der Waals surface area contributed by atoms with E-state index in [1.54, 1.807) is 7.11 Å². The van der Waals surface area contributed by atoms with E-state index >= 15 is 0 Å². The minimum absolute atomic E-state index is 0.362. The fraction of sp³-hybridized carbons (Fsp3) is 0.818. The first-order chi connectivity index (χ1) is 6.10. The molecule has 78 valence electrons. The summed E-state index contributed by atoms with van der Waals surface area (Å²) in [5, 5.41) is 3.30. The van der Waals surface area contributed by atoms with E-state index in [0.717, 1.165) is 19.3 Å². The van der Waals surface area contributed by atoms with Gasteiger partial charge in [0.05, 0.1) is 6.10 Å². The molecule has 0 saturated heterocycles. The molecule has 2 atom stereocenters. The van der Waals surface area contributed by atoms with E-state index in [-0.39, 0.29) is 0 Å². The van der Waals surface area contributed by atoms with Gasteiger partial charge in [-0.1, -0.05) is 5.57 Å². The Morgan fingerprint density at radius 1 is 1.46 bits per heavy atom. The predicted molar refractivity (Wildman–Crippen MR) is 58.0 cm³/mol. The van der Waals surface area contributed by atoms with Crippen LogP contribution < -0.4 is 5.32 Å². The van der Waals surface area contributed by atoms with Gasteiger partial charge in [0, 0.05) is 13.2 Å². The molecule has 0 aromatic carbocycles. The van der Waals surface area contributed by atoms with Crippen LogP contribution in [0.4, 0.5) is 0 Å². The molecule has 0 rings (SSSR count). The first-order valence-electron chi connectivity index (χ1n) is 4.94. The van der Waals surface area contributed by atoms with Crippen molar-refractivity contribution in [3.8, 4) is 0 Å². The molecule has 13 heavy (non-hydrogen) atoms. The number of ether oxygens (including phenoxy) is 1. The van der Waals surface area contributed by atoms with Gasteiger partial charge in [0.15, 0.2) is 0 Å². The van der Waals surface area contributed by atoms with Gasteiger partial charge in [0.2, 0.25) is 0 Å². The second-order valence-electron chi connectivity index (χ2n) is 3.77. The first-order valence-corrected chi connectivity index (χ1v) is 4.94. The molecule has 0 spiro atoms. The van der Waals surface area contributed by atoms with E-state index in [4.69, 9.17) is 4.74 Å². The Hall–Kier alpha value is -0.340. The van der Waals surface area contributed by atoms with Gasteiger partial charge >= 0.3 is 0 Å². The molecule has 0 aliphatic carbocycles. The van der Waals surface area contributed by atoms with Crippen molar-refractivity contribution in [3.05, 3.63) is 12.2 Å². The molecular weight excluding hydrogens is 162 g/mol. The third-order valence-corrected chi connectivity index (χ3v) is 2.33. The average Bonchev–Trinajstić information content (AvgIpc) is 2.10. The molecule has 0 aliphatic heterocycles. The highest BCUT2D eigenvalue weighted by Crippen LogP contribution is 2.10. The van der Waals surface area contributed by atoms with Crippen LogP contribution in [0.25, 0.3) is 0 Å². The lowest BCUT2D eigenvalue weighted by Crippen LogP contribution is -2.26. The van der Waals surface area contributed by atoms with Crippen LogP contribution in [-0.4, -0.2) is 26.3 Å². The summed E-state index contributed by atoms with van der Waals surface area (Å²) in [6, 6.07) is 0.551. The maximum Gasteiger partial charge on any atom is 0.0543 e. The molecule has 0 radical (unpaired) electrons. The molecular formula is C11H23NO. The molecule has 0 aliphatic rings. The van der Waals surface area contributed by atoms with Crippen LogP contribution in [0.5, 0.6) is 0 Å². The lowest BCUT2D eigenvalue weighted by molar-refractivity contribution is 0.106. The van der Waals surface area contributed by atoms with Crippen molar-refractivity contribution in [1.29, 1.82) is 0 Å². The van der Waals surface area contributed by atoms with E-state index in [0.29, 0.717) is 12.1 Å². The summed E-state index contributed by atoms with van der Waals surface area (Å²) in [6.45, 7) is 8.10. The van der Waals surface area contributed by atoms with Crippen molar-refractivity contribution in [1.82, 2.24) is 5.32 Å². The van der Waals surface area contributed by atoms with E-state index in [9.17, 15) is 0 Å². The molecule has 2 heteroatoms. The SMILES string of the molecule is C=C(C)CC(CCC(C)OC)NC. The molecule has 0 aromatic rings. The minimum atomic E-state index is 0.362. The van der Waals surface area contributed by atoms with Crippen LogP contribution >= 0.6 is 0 Å². The van der Waals surface area contributed by atoms with E-state index in [1.165, 1.54) is 5.57 Å². The van der Waals surface area contributed by atoms with Gasteiger partial charge in [-0.3, -0.25) is 0 Å². The highest BCUT2D eigenvalue weighted by Gasteiger charge is 2.08.